The van der Waals surface area contributed by atoms with E-state index in [4.69, 9.17) is 0 Å². The normalized spacial score (nSPS) is 10.8. The van der Waals surface area contributed by atoms with Crippen LogP contribution in [0, 0.1) is 6.92 Å². The average Bonchev–Trinajstić information content (AvgIpc) is 2.73. The molecule has 28 heavy (non-hydrogen) atoms. The maximum absolute atomic E-state index is 12.7. The fourth-order valence-electron chi connectivity index (χ4n) is 3.30. The third-order valence-electron chi connectivity index (χ3n) is 4.63. The number of hydrogen-bond acceptors (Lipinski definition) is 3. The second-order valence-corrected chi connectivity index (χ2v) is 6.55. The Morgan fingerprint density at radius 1 is 0.893 bits per heavy atom. The predicted molar refractivity (Wildman–Crippen MR) is 111 cm³/mol. The Kier molecular flexibility index (Phi) is 4.72. The molecule has 1 N–H and O–H groups in total. The van der Waals surface area contributed by atoms with E-state index in [2.05, 4.69) is 10.4 Å². The summed E-state index contributed by atoms with van der Waals surface area (Å²) < 4.78 is 1.22. The van der Waals surface area contributed by atoms with Crippen LogP contribution in [0.3, 0.4) is 0 Å². The standard InChI is InChI=1S/C23H19N3O2/c1-16-18-11-5-6-13-20(18)23(28)26(25-16)15-22(27)24-21-14-8-7-12-19(21)17-9-3-2-4-10-17/h2-14H,15H2,1H3,(H,24,27). The van der Waals surface area contributed by atoms with Gasteiger partial charge in [-0.25, -0.2) is 4.68 Å². The number of anilines is 1. The molecule has 0 aliphatic carbocycles. The van der Waals surface area contributed by atoms with Gasteiger partial charge in [-0.1, -0.05) is 66.7 Å². The van der Waals surface area contributed by atoms with Crippen molar-refractivity contribution >= 4 is 22.4 Å². The van der Waals surface area contributed by atoms with Crippen molar-refractivity contribution < 1.29 is 4.79 Å². The van der Waals surface area contributed by atoms with Crippen LogP contribution in [0.4, 0.5) is 5.69 Å². The van der Waals surface area contributed by atoms with Gasteiger partial charge in [0.2, 0.25) is 5.91 Å². The third-order valence-corrected chi connectivity index (χ3v) is 4.63. The lowest BCUT2D eigenvalue weighted by atomic mass is 10.0. The number of amides is 1. The fourth-order valence-corrected chi connectivity index (χ4v) is 3.30. The summed E-state index contributed by atoms with van der Waals surface area (Å²) in [6.45, 7) is 1.69. The van der Waals surface area contributed by atoms with Crippen LogP contribution < -0.4 is 10.9 Å². The molecule has 1 amide bonds. The van der Waals surface area contributed by atoms with Gasteiger partial charge in [-0.15, -0.1) is 0 Å². The number of aromatic nitrogens is 2. The Hall–Kier alpha value is -3.73. The molecule has 4 rings (SSSR count). The van der Waals surface area contributed by atoms with Crippen LogP contribution in [0.2, 0.25) is 0 Å². The lowest BCUT2D eigenvalue weighted by molar-refractivity contribution is -0.117. The van der Waals surface area contributed by atoms with Gasteiger partial charge < -0.3 is 5.32 Å². The van der Waals surface area contributed by atoms with Crippen molar-refractivity contribution in [3.8, 4) is 11.1 Å². The van der Waals surface area contributed by atoms with Crippen molar-refractivity contribution in [2.24, 2.45) is 0 Å². The van der Waals surface area contributed by atoms with Gasteiger partial charge in [0, 0.05) is 16.6 Å². The van der Waals surface area contributed by atoms with E-state index in [0.29, 0.717) is 16.8 Å². The number of hydrogen-bond donors (Lipinski definition) is 1. The van der Waals surface area contributed by atoms with Gasteiger partial charge in [0.15, 0.2) is 0 Å². The van der Waals surface area contributed by atoms with E-state index < -0.39 is 0 Å². The number of aryl methyl sites for hydroxylation is 1. The molecular weight excluding hydrogens is 350 g/mol. The smallest absolute Gasteiger partial charge is 0.275 e. The van der Waals surface area contributed by atoms with Crippen LogP contribution >= 0.6 is 0 Å². The summed E-state index contributed by atoms with van der Waals surface area (Å²) in [5.74, 6) is -0.298. The maximum atomic E-state index is 12.7. The van der Waals surface area contributed by atoms with Crippen molar-refractivity contribution in [1.82, 2.24) is 9.78 Å². The molecule has 0 saturated heterocycles. The Morgan fingerprint density at radius 3 is 2.32 bits per heavy atom. The average molecular weight is 369 g/mol. The number of para-hydroxylation sites is 1. The van der Waals surface area contributed by atoms with Crippen LogP contribution in [-0.2, 0) is 11.3 Å². The van der Waals surface area contributed by atoms with Crippen LogP contribution in [0.5, 0.6) is 0 Å². The largest absolute Gasteiger partial charge is 0.324 e. The molecule has 0 aliphatic rings. The number of fused-ring (bicyclic) bond motifs is 1. The number of carbonyl (C=O) groups is 1. The van der Waals surface area contributed by atoms with E-state index in [0.717, 1.165) is 16.5 Å². The first-order valence-corrected chi connectivity index (χ1v) is 9.04. The van der Waals surface area contributed by atoms with E-state index in [9.17, 15) is 9.59 Å². The van der Waals surface area contributed by atoms with Crippen molar-refractivity contribution in [1.29, 1.82) is 0 Å². The maximum Gasteiger partial charge on any atom is 0.275 e. The highest BCUT2D eigenvalue weighted by atomic mass is 16.2. The van der Waals surface area contributed by atoms with Gasteiger partial charge in [-0.3, -0.25) is 9.59 Å². The molecule has 3 aromatic carbocycles. The lowest BCUT2D eigenvalue weighted by Gasteiger charge is -2.12. The molecule has 0 atom stereocenters. The van der Waals surface area contributed by atoms with E-state index >= 15 is 0 Å². The summed E-state index contributed by atoms with van der Waals surface area (Å²) in [6.07, 6.45) is 0. The minimum Gasteiger partial charge on any atom is -0.324 e. The number of nitrogens with one attached hydrogen (secondary N) is 1. The lowest BCUT2D eigenvalue weighted by Crippen LogP contribution is -2.30. The molecule has 1 heterocycles. The zero-order valence-electron chi connectivity index (χ0n) is 15.4. The molecule has 0 saturated carbocycles. The van der Waals surface area contributed by atoms with E-state index in [-0.39, 0.29) is 18.0 Å². The molecule has 0 fully saturated rings. The second-order valence-electron chi connectivity index (χ2n) is 6.55. The number of nitrogens with zero attached hydrogens (tertiary/aromatic N) is 2. The minimum atomic E-state index is -0.298. The van der Waals surface area contributed by atoms with E-state index in [1.807, 2.05) is 79.7 Å². The van der Waals surface area contributed by atoms with E-state index in [1.54, 1.807) is 6.07 Å². The Bertz CT molecular complexity index is 1210. The van der Waals surface area contributed by atoms with Gasteiger partial charge in [-0.05, 0) is 24.6 Å². The zero-order valence-corrected chi connectivity index (χ0v) is 15.4. The number of carbonyl (C=O) groups excluding carboxylic acids is 1. The van der Waals surface area contributed by atoms with Crippen molar-refractivity contribution in [3.63, 3.8) is 0 Å². The van der Waals surface area contributed by atoms with Crippen molar-refractivity contribution in [2.45, 2.75) is 13.5 Å². The van der Waals surface area contributed by atoms with Crippen LogP contribution in [-0.4, -0.2) is 15.7 Å². The van der Waals surface area contributed by atoms with E-state index in [1.165, 1.54) is 4.68 Å². The van der Waals surface area contributed by atoms with Crippen molar-refractivity contribution in [2.75, 3.05) is 5.32 Å². The summed E-state index contributed by atoms with van der Waals surface area (Å²) in [6, 6.07) is 24.7. The molecule has 0 radical (unpaired) electrons. The summed E-state index contributed by atoms with van der Waals surface area (Å²) in [5.41, 5.74) is 3.08. The Labute approximate surface area is 162 Å². The topological polar surface area (TPSA) is 64.0 Å². The molecule has 0 bridgehead atoms. The highest BCUT2D eigenvalue weighted by Gasteiger charge is 2.12. The minimum absolute atomic E-state index is 0.145. The highest BCUT2D eigenvalue weighted by molar-refractivity contribution is 5.95. The summed E-state index contributed by atoms with van der Waals surface area (Å²) in [4.78, 5) is 25.3. The Balaban J connectivity index is 1.63. The molecule has 138 valence electrons. The van der Waals surface area contributed by atoms with Gasteiger partial charge in [-0.2, -0.15) is 5.10 Å². The first-order chi connectivity index (χ1) is 13.6. The summed E-state index contributed by atoms with van der Waals surface area (Å²) in [7, 11) is 0. The zero-order chi connectivity index (χ0) is 19.5. The monoisotopic (exact) mass is 369 g/mol. The fraction of sp³-hybridized carbons (Fsp3) is 0.0870. The quantitative estimate of drug-likeness (QED) is 0.591. The molecule has 0 unspecified atom stereocenters. The summed E-state index contributed by atoms with van der Waals surface area (Å²) >= 11 is 0. The molecule has 5 heteroatoms. The molecule has 1 aromatic heterocycles. The number of rotatable bonds is 4. The highest BCUT2D eigenvalue weighted by Crippen LogP contribution is 2.27. The van der Waals surface area contributed by atoms with Gasteiger partial charge in [0.25, 0.3) is 5.56 Å². The third kappa shape index (κ3) is 3.42. The van der Waals surface area contributed by atoms with Gasteiger partial charge >= 0.3 is 0 Å². The summed E-state index contributed by atoms with van der Waals surface area (Å²) in [5, 5.41) is 8.59. The van der Waals surface area contributed by atoms with Crippen LogP contribution in [0.15, 0.2) is 83.7 Å². The van der Waals surface area contributed by atoms with Crippen molar-refractivity contribution in [3.05, 3.63) is 94.9 Å². The molecular formula is C23H19N3O2. The SMILES string of the molecule is Cc1nn(CC(=O)Nc2ccccc2-c2ccccc2)c(=O)c2ccccc12. The molecule has 0 spiro atoms. The van der Waals surface area contributed by atoms with Crippen LogP contribution in [0.1, 0.15) is 5.69 Å². The molecule has 0 aliphatic heterocycles. The van der Waals surface area contributed by atoms with Gasteiger partial charge in [0.1, 0.15) is 6.54 Å². The second kappa shape index (κ2) is 7.48. The number of benzene rings is 3. The first-order valence-electron chi connectivity index (χ1n) is 9.04. The van der Waals surface area contributed by atoms with Crippen LogP contribution in [0.25, 0.3) is 21.9 Å². The molecule has 4 aromatic rings. The predicted octanol–water partition coefficient (Wildman–Crippen LogP) is 4.01. The molecule has 5 nitrogen and oxygen atoms in total. The first kappa shape index (κ1) is 17.7. The van der Waals surface area contributed by atoms with Gasteiger partial charge in [0.05, 0.1) is 11.1 Å². The Morgan fingerprint density at radius 2 is 1.54 bits per heavy atom.